The zero-order valence-corrected chi connectivity index (χ0v) is 14.2. The fourth-order valence-corrected chi connectivity index (χ4v) is 3.91. The van der Waals surface area contributed by atoms with Crippen LogP contribution in [0.1, 0.15) is 31.2 Å². The molecule has 1 heterocycles. The average molecular weight is 331 g/mol. The minimum absolute atomic E-state index is 0.0733. The van der Waals surface area contributed by atoms with Crippen LogP contribution in [-0.4, -0.2) is 42.9 Å². The Hall–Kier alpha value is -1.59. The Bertz CT molecular complexity index is 511. The van der Waals surface area contributed by atoms with E-state index in [1.165, 1.54) is 5.56 Å². The Balaban J connectivity index is 1.47. The summed E-state index contributed by atoms with van der Waals surface area (Å²) >= 11 is 0. The lowest BCUT2D eigenvalue weighted by atomic mass is 9.71. The summed E-state index contributed by atoms with van der Waals surface area (Å²) in [5.41, 5.74) is 1.23. The van der Waals surface area contributed by atoms with E-state index in [1.807, 2.05) is 18.2 Å². The molecule has 1 atom stereocenters. The maximum atomic E-state index is 12.3. The number of hydrogen-bond donors (Lipinski definition) is 4. The summed E-state index contributed by atoms with van der Waals surface area (Å²) in [6.45, 7) is 2.68. The number of carbonyl (C=O) groups excluding carboxylic acids is 1. The molecule has 1 saturated carbocycles. The highest BCUT2D eigenvalue weighted by Gasteiger charge is 2.39. The molecule has 0 spiro atoms. The van der Waals surface area contributed by atoms with E-state index in [1.54, 1.807) is 0 Å². The van der Waals surface area contributed by atoms with Gasteiger partial charge in [0, 0.05) is 12.6 Å². The first-order chi connectivity index (χ1) is 11.7. The zero-order valence-electron chi connectivity index (χ0n) is 14.2. The minimum Gasteiger partial charge on any atom is -0.393 e. The first-order valence-electron chi connectivity index (χ1n) is 9.19. The SMILES string of the molecule is O=C(NCCc1ccccc1)N[C@@H](C1CCNCC1)C1CC(O)C1. The van der Waals surface area contributed by atoms with Gasteiger partial charge in [-0.1, -0.05) is 30.3 Å². The summed E-state index contributed by atoms with van der Waals surface area (Å²) in [7, 11) is 0. The molecule has 24 heavy (non-hydrogen) atoms. The molecule has 1 aromatic carbocycles. The number of aliphatic hydroxyl groups is 1. The van der Waals surface area contributed by atoms with Crippen molar-refractivity contribution >= 4 is 6.03 Å². The first kappa shape index (κ1) is 17.2. The Morgan fingerprint density at radius 2 is 1.88 bits per heavy atom. The normalized spacial score (nSPS) is 25.5. The molecule has 2 aliphatic rings. The van der Waals surface area contributed by atoms with Gasteiger partial charge in [0.1, 0.15) is 0 Å². The first-order valence-corrected chi connectivity index (χ1v) is 9.19. The summed E-state index contributed by atoms with van der Waals surface area (Å²) in [4.78, 5) is 12.3. The Labute approximate surface area is 144 Å². The maximum absolute atomic E-state index is 12.3. The van der Waals surface area contributed by atoms with Crippen LogP contribution in [0.25, 0.3) is 0 Å². The minimum atomic E-state index is -0.179. The fourth-order valence-electron chi connectivity index (χ4n) is 3.91. The Morgan fingerprint density at radius 3 is 2.54 bits per heavy atom. The van der Waals surface area contributed by atoms with Crippen molar-refractivity contribution in [3.63, 3.8) is 0 Å². The highest BCUT2D eigenvalue weighted by molar-refractivity contribution is 5.74. The van der Waals surface area contributed by atoms with Crippen molar-refractivity contribution in [2.45, 2.75) is 44.2 Å². The van der Waals surface area contributed by atoms with E-state index in [4.69, 9.17) is 0 Å². The van der Waals surface area contributed by atoms with Gasteiger partial charge in [0.25, 0.3) is 0 Å². The van der Waals surface area contributed by atoms with Crippen molar-refractivity contribution < 1.29 is 9.90 Å². The molecule has 0 radical (unpaired) electrons. The van der Waals surface area contributed by atoms with Gasteiger partial charge in [-0.3, -0.25) is 0 Å². The summed E-state index contributed by atoms with van der Waals surface area (Å²) in [5.74, 6) is 0.937. The number of carbonyl (C=O) groups is 1. The molecule has 2 fully saturated rings. The molecule has 5 heteroatoms. The molecular formula is C19H29N3O2. The lowest BCUT2D eigenvalue weighted by Crippen LogP contribution is -2.55. The van der Waals surface area contributed by atoms with Crippen LogP contribution in [0.5, 0.6) is 0 Å². The Kier molecular flexibility index (Phi) is 6.10. The van der Waals surface area contributed by atoms with Crippen LogP contribution in [0.4, 0.5) is 4.79 Å². The van der Waals surface area contributed by atoms with Gasteiger partial charge < -0.3 is 21.1 Å². The van der Waals surface area contributed by atoms with E-state index in [0.717, 1.165) is 45.2 Å². The summed E-state index contributed by atoms with van der Waals surface area (Å²) < 4.78 is 0. The van der Waals surface area contributed by atoms with Crippen LogP contribution in [0.3, 0.4) is 0 Å². The van der Waals surface area contributed by atoms with Crippen molar-refractivity contribution in [2.75, 3.05) is 19.6 Å². The molecule has 3 rings (SSSR count). The summed E-state index contributed by atoms with van der Waals surface area (Å²) in [6.07, 6.45) is 4.50. The second-order valence-electron chi connectivity index (χ2n) is 7.13. The van der Waals surface area contributed by atoms with Gasteiger partial charge in [-0.25, -0.2) is 4.79 Å². The number of benzene rings is 1. The lowest BCUT2D eigenvalue weighted by Gasteiger charge is -2.43. The maximum Gasteiger partial charge on any atom is 0.315 e. The topological polar surface area (TPSA) is 73.4 Å². The van der Waals surface area contributed by atoms with Crippen LogP contribution in [0, 0.1) is 11.8 Å². The lowest BCUT2D eigenvalue weighted by molar-refractivity contribution is 0.0116. The molecule has 4 N–H and O–H groups in total. The fraction of sp³-hybridized carbons (Fsp3) is 0.632. The van der Waals surface area contributed by atoms with Crippen LogP contribution >= 0.6 is 0 Å². The standard InChI is InChI=1S/C19H29N3O2/c23-17-12-16(13-17)18(15-7-9-20-10-8-15)22-19(24)21-11-6-14-4-2-1-3-5-14/h1-5,15-18,20,23H,6-13H2,(H2,21,22,24)/t16?,17?,18-/m0/s1. The number of nitrogens with one attached hydrogen (secondary N) is 3. The quantitative estimate of drug-likeness (QED) is 0.641. The number of hydrogen-bond acceptors (Lipinski definition) is 3. The van der Waals surface area contributed by atoms with Crippen molar-refractivity contribution in [3.8, 4) is 0 Å². The number of piperidine rings is 1. The monoisotopic (exact) mass is 331 g/mol. The van der Waals surface area contributed by atoms with Crippen LogP contribution in [0.15, 0.2) is 30.3 Å². The molecule has 132 valence electrons. The Morgan fingerprint density at radius 1 is 1.17 bits per heavy atom. The molecule has 5 nitrogen and oxygen atoms in total. The second-order valence-corrected chi connectivity index (χ2v) is 7.13. The third-order valence-corrected chi connectivity index (χ3v) is 5.39. The van der Waals surface area contributed by atoms with Crippen molar-refractivity contribution in [2.24, 2.45) is 11.8 Å². The van der Waals surface area contributed by atoms with Gasteiger partial charge in [-0.15, -0.1) is 0 Å². The number of rotatable bonds is 6. The van der Waals surface area contributed by atoms with E-state index in [2.05, 4.69) is 28.1 Å². The molecule has 1 aliphatic heterocycles. The highest BCUT2D eigenvalue weighted by atomic mass is 16.3. The van der Waals surface area contributed by atoms with Gasteiger partial charge in [-0.05, 0) is 62.6 Å². The van der Waals surface area contributed by atoms with E-state index in [9.17, 15) is 9.90 Å². The highest BCUT2D eigenvalue weighted by Crippen LogP contribution is 2.35. The van der Waals surface area contributed by atoms with E-state index in [0.29, 0.717) is 18.4 Å². The number of aliphatic hydroxyl groups excluding tert-OH is 1. The molecule has 0 unspecified atom stereocenters. The molecule has 0 aromatic heterocycles. The summed E-state index contributed by atoms with van der Waals surface area (Å²) in [5, 5.41) is 19.2. The average Bonchev–Trinajstić information content (AvgIpc) is 2.59. The van der Waals surface area contributed by atoms with Gasteiger partial charge in [0.15, 0.2) is 0 Å². The van der Waals surface area contributed by atoms with E-state index >= 15 is 0 Å². The smallest absolute Gasteiger partial charge is 0.315 e. The van der Waals surface area contributed by atoms with Crippen LogP contribution in [0.2, 0.25) is 0 Å². The molecule has 1 aromatic rings. The second kappa shape index (κ2) is 8.49. The van der Waals surface area contributed by atoms with Crippen molar-refractivity contribution in [1.29, 1.82) is 0 Å². The molecular weight excluding hydrogens is 302 g/mol. The number of amides is 2. The molecule has 0 bridgehead atoms. The molecule has 1 aliphatic carbocycles. The van der Waals surface area contributed by atoms with Crippen molar-refractivity contribution in [1.82, 2.24) is 16.0 Å². The predicted molar refractivity (Wildman–Crippen MR) is 94.8 cm³/mol. The van der Waals surface area contributed by atoms with Crippen LogP contribution < -0.4 is 16.0 Å². The van der Waals surface area contributed by atoms with Crippen LogP contribution in [-0.2, 0) is 6.42 Å². The molecule has 2 amide bonds. The summed E-state index contributed by atoms with van der Waals surface area (Å²) in [6, 6.07) is 10.3. The van der Waals surface area contributed by atoms with Gasteiger partial charge in [0.05, 0.1) is 6.10 Å². The van der Waals surface area contributed by atoms with Gasteiger partial charge in [0.2, 0.25) is 0 Å². The third-order valence-electron chi connectivity index (χ3n) is 5.39. The largest absolute Gasteiger partial charge is 0.393 e. The van der Waals surface area contributed by atoms with Crippen molar-refractivity contribution in [3.05, 3.63) is 35.9 Å². The predicted octanol–water partition coefficient (Wildman–Crippen LogP) is 1.67. The van der Waals surface area contributed by atoms with Gasteiger partial charge in [-0.2, -0.15) is 0 Å². The zero-order chi connectivity index (χ0) is 16.8. The van der Waals surface area contributed by atoms with Gasteiger partial charge >= 0.3 is 6.03 Å². The third kappa shape index (κ3) is 4.71. The van der Waals surface area contributed by atoms with E-state index < -0.39 is 0 Å². The molecule has 1 saturated heterocycles. The number of urea groups is 1. The van der Waals surface area contributed by atoms with E-state index in [-0.39, 0.29) is 18.2 Å².